The topological polar surface area (TPSA) is 67.8 Å². The molecule has 0 aliphatic rings. The summed E-state index contributed by atoms with van der Waals surface area (Å²) in [5.41, 5.74) is 1.83. The molecule has 0 aliphatic heterocycles. The Morgan fingerprint density at radius 2 is 1.76 bits per heavy atom. The van der Waals surface area contributed by atoms with Gasteiger partial charge in [-0.1, -0.05) is 18.2 Å². The number of aliphatic imine (C=N–C) groups is 1. The lowest BCUT2D eigenvalue weighted by molar-refractivity contribution is 0.414. The molecule has 0 saturated heterocycles. The van der Waals surface area contributed by atoms with Crippen molar-refractivity contribution in [1.82, 2.24) is 15.6 Å². The second kappa shape index (κ2) is 10.1. The van der Waals surface area contributed by atoms with Crippen LogP contribution in [-0.4, -0.2) is 25.1 Å². The SMILES string of the molecule is CN=C(NCc1cccc(OC)c1)NCc1ccc(Oc2cccnc2)c(F)c1. The minimum atomic E-state index is -0.438. The van der Waals surface area contributed by atoms with Crippen molar-refractivity contribution >= 4 is 5.96 Å². The predicted molar refractivity (Wildman–Crippen MR) is 111 cm³/mol. The van der Waals surface area contributed by atoms with E-state index in [1.807, 2.05) is 24.3 Å². The molecule has 0 atom stereocenters. The fraction of sp³-hybridized carbons (Fsp3) is 0.182. The van der Waals surface area contributed by atoms with Crippen LogP contribution in [0.1, 0.15) is 11.1 Å². The average Bonchev–Trinajstić information content (AvgIpc) is 2.76. The van der Waals surface area contributed by atoms with Gasteiger partial charge < -0.3 is 20.1 Å². The van der Waals surface area contributed by atoms with Crippen LogP contribution in [0.3, 0.4) is 0 Å². The van der Waals surface area contributed by atoms with Crippen molar-refractivity contribution in [2.45, 2.75) is 13.1 Å². The number of hydrogen-bond donors (Lipinski definition) is 2. The van der Waals surface area contributed by atoms with Crippen molar-refractivity contribution in [3.63, 3.8) is 0 Å². The third kappa shape index (κ3) is 5.93. The highest BCUT2D eigenvalue weighted by Gasteiger charge is 2.07. The normalized spacial score (nSPS) is 11.1. The average molecular weight is 394 g/mol. The lowest BCUT2D eigenvalue weighted by atomic mass is 10.2. The van der Waals surface area contributed by atoms with E-state index in [0.29, 0.717) is 24.8 Å². The van der Waals surface area contributed by atoms with Crippen molar-refractivity contribution in [1.29, 1.82) is 0 Å². The first-order chi connectivity index (χ1) is 14.2. The van der Waals surface area contributed by atoms with Gasteiger partial charge in [0.25, 0.3) is 0 Å². The summed E-state index contributed by atoms with van der Waals surface area (Å²) in [6.07, 6.45) is 3.17. The second-order valence-corrected chi connectivity index (χ2v) is 6.19. The fourth-order valence-corrected chi connectivity index (χ4v) is 2.65. The summed E-state index contributed by atoms with van der Waals surface area (Å²) in [7, 11) is 3.32. The molecule has 0 aliphatic carbocycles. The van der Waals surface area contributed by atoms with Gasteiger partial charge in [-0.05, 0) is 47.5 Å². The summed E-state index contributed by atoms with van der Waals surface area (Å²) >= 11 is 0. The molecule has 3 rings (SSSR count). The summed E-state index contributed by atoms with van der Waals surface area (Å²) < 4.78 is 25.1. The Morgan fingerprint density at radius 1 is 1.00 bits per heavy atom. The lowest BCUT2D eigenvalue weighted by Crippen LogP contribution is -2.36. The number of hydrogen-bond acceptors (Lipinski definition) is 4. The van der Waals surface area contributed by atoms with E-state index >= 15 is 0 Å². The number of nitrogens with zero attached hydrogens (tertiary/aromatic N) is 2. The molecule has 7 heteroatoms. The Kier molecular flexibility index (Phi) is 7.00. The zero-order valence-corrected chi connectivity index (χ0v) is 16.4. The number of rotatable bonds is 7. The van der Waals surface area contributed by atoms with Crippen LogP contribution < -0.4 is 20.1 Å². The molecule has 29 heavy (non-hydrogen) atoms. The highest BCUT2D eigenvalue weighted by molar-refractivity contribution is 5.79. The molecule has 3 aromatic rings. The molecule has 0 radical (unpaired) electrons. The summed E-state index contributed by atoms with van der Waals surface area (Å²) in [6.45, 7) is 1.00. The maximum absolute atomic E-state index is 14.4. The highest BCUT2D eigenvalue weighted by Crippen LogP contribution is 2.24. The molecular weight excluding hydrogens is 371 g/mol. The highest BCUT2D eigenvalue weighted by atomic mass is 19.1. The molecule has 1 heterocycles. The summed E-state index contributed by atoms with van der Waals surface area (Å²) in [4.78, 5) is 8.15. The van der Waals surface area contributed by atoms with Crippen LogP contribution in [0.4, 0.5) is 4.39 Å². The maximum atomic E-state index is 14.4. The van der Waals surface area contributed by atoms with Crippen molar-refractivity contribution in [3.8, 4) is 17.2 Å². The van der Waals surface area contributed by atoms with Gasteiger partial charge in [-0.25, -0.2) is 4.39 Å². The predicted octanol–water partition coefficient (Wildman–Crippen LogP) is 3.89. The largest absolute Gasteiger partial charge is 0.497 e. The molecule has 0 amide bonds. The van der Waals surface area contributed by atoms with Gasteiger partial charge in [0.2, 0.25) is 0 Å². The van der Waals surface area contributed by atoms with E-state index in [2.05, 4.69) is 20.6 Å². The van der Waals surface area contributed by atoms with Crippen molar-refractivity contribution in [2.24, 2.45) is 4.99 Å². The van der Waals surface area contributed by atoms with E-state index < -0.39 is 5.82 Å². The van der Waals surface area contributed by atoms with Crippen LogP contribution in [0, 0.1) is 5.82 Å². The molecule has 6 nitrogen and oxygen atoms in total. The van der Waals surface area contributed by atoms with Gasteiger partial charge in [-0.3, -0.25) is 9.98 Å². The minimum Gasteiger partial charge on any atom is -0.497 e. The monoisotopic (exact) mass is 394 g/mol. The third-order valence-corrected chi connectivity index (χ3v) is 4.14. The number of ether oxygens (including phenoxy) is 2. The van der Waals surface area contributed by atoms with E-state index in [1.54, 1.807) is 44.6 Å². The molecular formula is C22H23FN4O2. The minimum absolute atomic E-state index is 0.155. The van der Waals surface area contributed by atoms with Crippen molar-refractivity contribution in [2.75, 3.05) is 14.2 Å². The quantitative estimate of drug-likeness (QED) is 0.470. The molecule has 1 aromatic heterocycles. The van der Waals surface area contributed by atoms with Crippen LogP contribution in [-0.2, 0) is 13.1 Å². The van der Waals surface area contributed by atoms with E-state index in [9.17, 15) is 4.39 Å². The van der Waals surface area contributed by atoms with Gasteiger partial charge in [0.05, 0.1) is 13.3 Å². The van der Waals surface area contributed by atoms with Gasteiger partial charge >= 0.3 is 0 Å². The number of aromatic nitrogens is 1. The molecule has 0 spiro atoms. The molecule has 0 fully saturated rings. The van der Waals surface area contributed by atoms with E-state index in [1.165, 1.54) is 12.3 Å². The zero-order chi connectivity index (χ0) is 20.5. The Bertz CT molecular complexity index is 964. The van der Waals surface area contributed by atoms with Gasteiger partial charge in [0.1, 0.15) is 11.5 Å². The number of halogens is 1. The van der Waals surface area contributed by atoms with Crippen LogP contribution in [0.5, 0.6) is 17.2 Å². The molecule has 0 unspecified atom stereocenters. The van der Waals surface area contributed by atoms with E-state index in [-0.39, 0.29) is 5.75 Å². The Labute approximate surface area is 169 Å². The number of guanidine groups is 1. The summed E-state index contributed by atoms with van der Waals surface area (Å²) in [5.74, 6) is 1.62. The molecule has 2 aromatic carbocycles. The molecule has 2 N–H and O–H groups in total. The summed E-state index contributed by atoms with van der Waals surface area (Å²) in [6, 6.07) is 16.1. The molecule has 0 bridgehead atoms. The van der Waals surface area contributed by atoms with Gasteiger partial charge in [-0.15, -0.1) is 0 Å². The number of methoxy groups -OCH3 is 1. The number of benzene rings is 2. The maximum Gasteiger partial charge on any atom is 0.191 e. The van der Waals surface area contributed by atoms with Crippen LogP contribution in [0.2, 0.25) is 0 Å². The first-order valence-corrected chi connectivity index (χ1v) is 9.11. The summed E-state index contributed by atoms with van der Waals surface area (Å²) in [5, 5.41) is 6.39. The standard InChI is InChI=1S/C22H23FN4O2/c1-24-22(26-13-16-5-3-6-18(11-16)28-2)27-14-17-8-9-21(20(23)12-17)29-19-7-4-10-25-15-19/h3-12,15H,13-14H2,1-2H3,(H2,24,26,27). The van der Waals surface area contributed by atoms with Crippen molar-refractivity contribution in [3.05, 3.63) is 83.9 Å². The van der Waals surface area contributed by atoms with E-state index in [0.717, 1.165) is 16.9 Å². The molecule has 0 saturated carbocycles. The first kappa shape index (κ1) is 20.1. The van der Waals surface area contributed by atoms with Crippen LogP contribution in [0.15, 0.2) is 72.0 Å². The van der Waals surface area contributed by atoms with Gasteiger partial charge in [-0.2, -0.15) is 0 Å². The lowest BCUT2D eigenvalue weighted by Gasteiger charge is -2.13. The fourth-order valence-electron chi connectivity index (χ4n) is 2.65. The number of nitrogens with one attached hydrogen (secondary N) is 2. The second-order valence-electron chi connectivity index (χ2n) is 6.19. The zero-order valence-electron chi connectivity index (χ0n) is 16.4. The van der Waals surface area contributed by atoms with Gasteiger partial charge in [0, 0.05) is 26.3 Å². The van der Waals surface area contributed by atoms with Crippen LogP contribution in [0.25, 0.3) is 0 Å². The Hall–Kier alpha value is -3.61. The van der Waals surface area contributed by atoms with Crippen molar-refractivity contribution < 1.29 is 13.9 Å². The Balaban J connectivity index is 1.54. The first-order valence-electron chi connectivity index (χ1n) is 9.11. The molecule has 150 valence electrons. The third-order valence-electron chi connectivity index (χ3n) is 4.14. The van der Waals surface area contributed by atoms with E-state index in [4.69, 9.17) is 9.47 Å². The van der Waals surface area contributed by atoms with Crippen LogP contribution >= 0.6 is 0 Å². The smallest absolute Gasteiger partial charge is 0.191 e. The Morgan fingerprint density at radius 3 is 2.41 bits per heavy atom. The van der Waals surface area contributed by atoms with Gasteiger partial charge in [0.15, 0.2) is 17.5 Å². The number of pyridine rings is 1.